The molecule has 0 aliphatic carbocycles. The van der Waals surface area contributed by atoms with Crippen LogP contribution in [0.2, 0.25) is 0 Å². The second-order valence-electron chi connectivity index (χ2n) is 10.9. The molecular weight excluding hydrogens is 599 g/mol. The van der Waals surface area contributed by atoms with Crippen LogP contribution in [-0.4, -0.2) is 39.2 Å². The molecule has 0 saturated carbocycles. The van der Waals surface area contributed by atoms with Gasteiger partial charge in [-0.05, 0) is 73.6 Å². The van der Waals surface area contributed by atoms with E-state index in [1.165, 1.54) is 23.0 Å². The lowest BCUT2D eigenvalue weighted by Crippen LogP contribution is -2.34. The van der Waals surface area contributed by atoms with Crippen molar-refractivity contribution in [1.29, 1.82) is 0 Å². The highest BCUT2D eigenvalue weighted by atomic mass is 19.1. The summed E-state index contributed by atoms with van der Waals surface area (Å²) in [6.07, 6.45) is 2.63. The minimum Gasteiger partial charge on any atom is -0.461 e. The number of pyridine rings is 1. The van der Waals surface area contributed by atoms with Gasteiger partial charge >= 0.3 is 5.97 Å². The molecule has 4 rings (SSSR count). The Balaban J connectivity index is 1.77. The first kappa shape index (κ1) is 33.9. The fourth-order valence-electron chi connectivity index (χ4n) is 5.47. The average molecular weight is 636 g/mol. The van der Waals surface area contributed by atoms with Crippen molar-refractivity contribution in [2.24, 2.45) is 5.73 Å². The van der Waals surface area contributed by atoms with Crippen LogP contribution in [0.4, 0.5) is 13.2 Å². The van der Waals surface area contributed by atoms with Crippen molar-refractivity contribution < 1.29 is 32.3 Å². The standard InChI is InChI=1S/C34H36F3N5O4/c1-5-19(4)32-24(6-2)31(34(45)46-7-3)41-42(32)18-29(43)40-28(15-20-13-22(35)17-23(36)14-20)30-25(9-8-12-39-30)21-10-11-27(37)26(16-21)33(38)44/h8-14,16-17,19,28H,5-7,15,18H2,1-4H3,(H2,38,44)(H,40,43)/t19?,28-/m0/s1. The summed E-state index contributed by atoms with van der Waals surface area (Å²) in [6.45, 7) is 7.44. The number of amides is 2. The molecule has 0 radical (unpaired) electrons. The summed E-state index contributed by atoms with van der Waals surface area (Å²) >= 11 is 0. The number of carbonyl (C=O) groups is 3. The average Bonchev–Trinajstić information content (AvgIpc) is 3.38. The van der Waals surface area contributed by atoms with Crippen LogP contribution in [0.15, 0.2) is 54.7 Å². The van der Waals surface area contributed by atoms with Crippen molar-refractivity contribution in [1.82, 2.24) is 20.1 Å². The molecule has 9 nitrogen and oxygen atoms in total. The van der Waals surface area contributed by atoms with Crippen molar-refractivity contribution >= 4 is 17.8 Å². The van der Waals surface area contributed by atoms with Crippen LogP contribution in [0, 0.1) is 17.5 Å². The first-order chi connectivity index (χ1) is 22.0. The molecule has 0 aliphatic heterocycles. The van der Waals surface area contributed by atoms with Crippen molar-refractivity contribution in [2.45, 2.75) is 65.5 Å². The number of ether oxygens (including phenoxy) is 1. The first-order valence-corrected chi connectivity index (χ1v) is 15.0. The molecule has 0 aliphatic rings. The molecular formula is C34H36F3N5O4. The van der Waals surface area contributed by atoms with Gasteiger partial charge in [0.1, 0.15) is 24.0 Å². The Morgan fingerprint density at radius 3 is 2.37 bits per heavy atom. The second-order valence-corrected chi connectivity index (χ2v) is 10.9. The van der Waals surface area contributed by atoms with E-state index < -0.39 is 41.3 Å². The van der Waals surface area contributed by atoms with E-state index >= 15 is 0 Å². The number of nitrogens with two attached hydrogens (primary N) is 1. The Labute approximate surface area is 265 Å². The van der Waals surface area contributed by atoms with E-state index in [0.29, 0.717) is 28.8 Å². The van der Waals surface area contributed by atoms with Crippen molar-refractivity contribution in [3.8, 4) is 11.1 Å². The quantitative estimate of drug-likeness (QED) is 0.178. The molecule has 4 aromatic rings. The fraction of sp³-hybridized carbons (Fsp3) is 0.324. The summed E-state index contributed by atoms with van der Waals surface area (Å²) in [5.41, 5.74) is 7.98. The van der Waals surface area contributed by atoms with E-state index in [-0.39, 0.29) is 42.3 Å². The predicted molar refractivity (Wildman–Crippen MR) is 165 cm³/mol. The number of benzene rings is 2. The van der Waals surface area contributed by atoms with E-state index in [2.05, 4.69) is 15.4 Å². The number of nitrogens with one attached hydrogen (secondary N) is 1. The summed E-state index contributed by atoms with van der Waals surface area (Å²) in [4.78, 5) is 42.9. The maximum atomic E-state index is 14.3. The third-order valence-corrected chi connectivity index (χ3v) is 7.70. The van der Waals surface area contributed by atoms with Crippen LogP contribution in [0.3, 0.4) is 0 Å². The fourth-order valence-corrected chi connectivity index (χ4v) is 5.47. The van der Waals surface area contributed by atoms with Gasteiger partial charge < -0.3 is 15.8 Å². The molecule has 2 heterocycles. The number of primary amides is 1. The van der Waals surface area contributed by atoms with Gasteiger partial charge in [0.15, 0.2) is 5.69 Å². The van der Waals surface area contributed by atoms with Gasteiger partial charge in [0.25, 0.3) is 5.91 Å². The van der Waals surface area contributed by atoms with Crippen molar-refractivity contribution in [3.05, 3.63) is 106 Å². The highest BCUT2D eigenvalue weighted by Gasteiger charge is 2.28. The summed E-state index contributed by atoms with van der Waals surface area (Å²) in [5.74, 6) is -4.48. The molecule has 2 aromatic heterocycles. The SMILES string of the molecule is CCOC(=O)c1nn(CC(=O)N[C@@H](Cc2cc(F)cc(F)c2)c2ncccc2-c2ccc(F)c(C(N)=O)c2)c(C(C)CC)c1CC. The smallest absolute Gasteiger partial charge is 0.359 e. The van der Waals surface area contributed by atoms with Gasteiger partial charge in [-0.15, -0.1) is 0 Å². The molecule has 0 spiro atoms. The third kappa shape index (κ3) is 7.61. The maximum Gasteiger partial charge on any atom is 0.359 e. The van der Waals surface area contributed by atoms with E-state index in [1.54, 1.807) is 19.1 Å². The Kier molecular flexibility index (Phi) is 10.9. The molecule has 0 fully saturated rings. The van der Waals surface area contributed by atoms with Gasteiger partial charge in [-0.25, -0.2) is 18.0 Å². The minimum absolute atomic E-state index is 0.0372. The maximum absolute atomic E-state index is 14.3. The number of esters is 1. The molecule has 0 saturated heterocycles. The zero-order chi connectivity index (χ0) is 33.5. The van der Waals surface area contributed by atoms with Crippen LogP contribution in [0.5, 0.6) is 0 Å². The normalized spacial score (nSPS) is 12.4. The van der Waals surface area contributed by atoms with E-state index in [1.807, 2.05) is 20.8 Å². The molecule has 2 aromatic carbocycles. The van der Waals surface area contributed by atoms with Gasteiger partial charge in [-0.2, -0.15) is 5.10 Å². The third-order valence-electron chi connectivity index (χ3n) is 7.70. The molecule has 1 unspecified atom stereocenters. The Bertz CT molecular complexity index is 1740. The highest BCUT2D eigenvalue weighted by molar-refractivity contribution is 5.94. The molecule has 2 atom stereocenters. The van der Waals surface area contributed by atoms with Crippen molar-refractivity contribution in [2.75, 3.05) is 6.61 Å². The van der Waals surface area contributed by atoms with Gasteiger partial charge in [0.2, 0.25) is 5.91 Å². The van der Waals surface area contributed by atoms with Gasteiger partial charge in [0, 0.05) is 29.1 Å². The lowest BCUT2D eigenvalue weighted by Gasteiger charge is -2.22. The van der Waals surface area contributed by atoms with Gasteiger partial charge in [-0.1, -0.05) is 32.9 Å². The van der Waals surface area contributed by atoms with Gasteiger partial charge in [-0.3, -0.25) is 19.3 Å². The second kappa shape index (κ2) is 14.9. The number of halogens is 3. The van der Waals surface area contributed by atoms with Crippen LogP contribution >= 0.6 is 0 Å². The number of aromatic nitrogens is 3. The largest absolute Gasteiger partial charge is 0.461 e. The van der Waals surface area contributed by atoms with Gasteiger partial charge in [0.05, 0.1) is 23.9 Å². The minimum atomic E-state index is -0.963. The topological polar surface area (TPSA) is 129 Å². The number of rotatable bonds is 13. The summed E-state index contributed by atoms with van der Waals surface area (Å²) in [7, 11) is 0. The zero-order valence-corrected chi connectivity index (χ0v) is 26.1. The Hall–Kier alpha value is -5.00. The molecule has 12 heteroatoms. The lowest BCUT2D eigenvalue weighted by atomic mass is 9.94. The van der Waals surface area contributed by atoms with Crippen molar-refractivity contribution in [3.63, 3.8) is 0 Å². The number of hydrogen-bond acceptors (Lipinski definition) is 6. The molecule has 46 heavy (non-hydrogen) atoms. The molecule has 0 bridgehead atoms. The molecule has 2 amide bonds. The Morgan fingerprint density at radius 1 is 1.02 bits per heavy atom. The summed E-state index contributed by atoms with van der Waals surface area (Å²) < 4.78 is 49.4. The number of carbonyl (C=O) groups excluding carboxylic acids is 3. The summed E-state index contributed by atoms with van der Waals surface area (Å²) in [5, 5.41) is 7.41. The van der Waals surface area contributed by atoms with E-state index in [9.17, 15) is 27.6 Å². The van der Waals surface area contributed by atoms with E-state index in [4.69, 9.17) is 10.5 Å². The number of hydrogen-bond donors (Lipinski definition) is 2. The van der Waals surface area contributed by atoms with Crippen LogP contribution < -0.4 is 11.1 Å². The number of nitrogens with zero attached hydrogens (tertiary/aromatic N) is 3. The van der Waals surface area contributed by atoms with Crippen LogP contribution in [-0.2, 0) is 28.9 Å². The predicted octanol–water partition coefficient (Wildman–Crippen LogP) is 5.81. The highest BCUT2D eigenvalue weighted by Crippen LogP contribution is 2.31. The summed E-state index contributed by atoms with van der Waals surface area (Å²) in [6, 6.07) is 9.22. The first-order valence-electron chi connectivity index (χ1n) is 15.0. The van der Waals surface area contributed by atoms with E-state index in [0.717, 1.165) is 36.4 Å². The Morgan fingerprint density at radius 2 is 1.74 bits per heavy atom. The molecule has 3 N–H and O–H groups in total. The zero-order valence-electron chi connectivity index (χ0n) is 26.1. The monoisotopic (exact) mass is 635 g/mol. The van der Waals surface area contributed by atoms with Crippen LogP contribution in [0.25, 0.3) is 11.1 Å². The lowest BCUT2D eigenvalue weighted by molar-refractivity contribution is -0.122. The molecule has 242 valence electrons. The van der Waals surface area contributed by atoms with Crippen LogP contribution in [0.1, 0.15) is 89.4 Å².